The van der Waals surface area contributed by atoms with Crippen molar-refractivity contribution in [1.29, 1.82) is 0 Å². The third-order valence-electron chi connectivity index (χ3n) is 4.34. The van der Waals surface area contributed by atoms with E-state index in [4.69, 9.17) is 9.15 Å². The SMILES string of the molecule is Cc1cc(OCC(=O)N[C@@H](CC(C)C)C(=O)[O-])c2c(C)c(C)c(=O)oc2c1. The first-order valence-electron chi connectivity index (χ1n) is 8.77. The molecular formula is C20H24NO6-. The first-order chi connectivity index (χ1) is 12.6. The summed E-state index contributed by atoms with van der Waals surface area (Å²) in [7, 11) is 0. The van der Waals surface area contributed by atoms with Crippen LogP contribution in [0.5, 0.6) is 5.75 Å². The lowest BCUT2D eigenvalue weighted by atomic mass is 10.0. The van der Waals surface area contributed by atoms with E-state index in [-0.39, 0.29) is 18.9 Å². The molecule has 1 aromatic carbocycles. The highest BCUT2D eigenvalue weighted by Crippen LogP contribution is 2.30. The number of hydrogen-bond acceptors (Lipinski definition) is 6. The summed E-state index contributed by atoms with van der Waals surface area (Å²) >= 11 is 0. The van der Waals surface area contributed by atoms with Gasteiger partial charge in [-0.25, -0.2) is 4.79 Å². The van der Waals surface area contributed by atoms with E-state index in [0.717, 1.165) is 5.56 Å². The normalized spacial score (nSPS) is 12.2. The van der Waals surface area contributed by atoms with Gasteiger partial charge in [0.2, 0.25) is 0 Å². The van der Waals surface area contributed by atoms with Gasteiger partial charge in [0.25, 0.3) is 5.91 Å². The van der Waals surface area contributed by atoms with Gasteiger partial charge in [-0.1, -0.05) is 13.8 Å². The van der Waals surface area contributed by atoms with E-state index < -0.39 is 23.5 Å². The van der Waals surface area contributed by atoms with Gasteiger partial charge in [-0.05, 0) is 56.4 Å². The van der Waals surface area contributed by atoms with Crippen molar-refractivity contribution in [3.63, 3.8) is 0 Å². The Morgan fingerprint density at radius 3 is 2.44 bits per heavy atom. The monoisotopic (exact) mass is 374 g/mol. The number of rotatable bonds is 7. The molecule has 0 spiro atoms. The molecule has 27 heavy (non-hydrogen) atoms. The fourth-order valence-electron chi connectivity index (χ4n) is 2.87. The number of carboxylic acids is 1. The maximum atomic E-state index is 12.1. The Balaban J connectivity index is 2.24. The Morgan fingerprint density at radius 2 is 1.85 bits per heavy atom. The van der Waals surface area contributed by atoms with Crippen LogP contribution in [0.1, 0.15) is 37.0 Å². The van der Waals surface area contributed by atoms with Crippen LogP contribution in [0.15, 0.2) is 21.3 Å². The molecule has 0 unspecified atom stereocenters. The zero-order valence-corrected chi connectivity index (χ0v) is 16.2. The zero-order chi connectivity index (χ0) is 20.3. The number of amides is 1. The number of aryl methyl sites for hydroxylation is 2. The quantitative estimate of drug-likeness (QED) is 0.734. The molecule has 0 saturated carbocycles. The molecule has 7 nitrogen and oxygen atoms in total. The van der Waals surface area contributed by atoms with E-state index in [2.05, 4.69) is 5.32 Å². The number of carboxylic acid groups (broad SMARTS) is 1. The Morgan fingerprint density at radius 1 is 1.19 bits per heavy atom. The number of hydrogen-bond donors (Lipinski definition) is 1. The zero-order valence-electron chi connectivity index (χ0n) is 16.2. The van der Waals surface area contributed by atoms with Crippen molar-refractivity contribution >= 4 is 22.8 Å². The smallest absolute Gasteiger partial charge is 0.339 e. The highest BCUT2D eigenvalue weighted by atomic mass is 16.5. The number of benzene rings is 1. The van der Waals surface area contributed by atoms with Crippen molar-refractivity contribution in [3.8, 4) is 5.75 Å². The number of ether oxygens (including phenoxy) is 1. The van der Waals surface area contributed by atoms with Crippen molar-refractivity contribution in [2.24, 2.45) is 5.92 Å². The number of nitrogens with one attached hydrogen (secondary N) is 1. The van der Waals surface area contributed by atoms with Crippen LogP contribution in [0.3, 0.4) is 0 Å². The molecule has 0 bridgehead atoms. The van der Waals surface area contributed by atoms with Crippen molar-refractivity contribution in [3.05, 3.63) is 39.2 Å². The third kappa shape index (κ3) is 4.87. The minimum absolute atomic E-state index is 0.0864. The van der Waals surface area contributed by atoms with Gasteiger partial charge in [0.05, 0.1) is 17.4 Å². The molecule has 0 aliphatic carbocycles. The Hall–Kier alpha value is -2.83. The molecule has 2 aromatic rings. The standard InChI is InChI=1S/C20H25NO6/c1-10(2)6-14(19(23)24)21-17(22)9-26-15-7-11(3)8-16-18(15)12(4)13(5)20(25)27-16/h7-8,10,14H,6,9H2,1-5H3,(H,21,22)(H,23,24)/p-1/t14-/m0/s1. The van der Waals surface area contributed by atoms with Gasteiger partial charge in [0, 0.05) is 5.56 Å². The first kappa shape index (κ1) is 20.5. The molecule has 0 saturated heterocycles. The molecule has 0 radical (unpaired) electrons. The summed E-state index contributed by atoms with van der Waals surface area (Å²) in [4.78, 5) is 35.2. The summed E-state index contributed by atoms with van der Waals surface area (Å²) in [6.07, 6.45) is 0.269. The molecule has 0 fully saturated rings. The second-order valence-corrected chi connectivity index (χ2v) is 7.13. The van der Waals surface area contributed by atoms with Gasteiger partial charge in [-0.3, -0.25) is 4.79 Å². The van der Waals surface area contributed by atoms with Crippen LogP contribution in [0.4, 0.5) is 0 Å². The van der Waals surface area contributed by atoms with Crippen LogP contribution < -0.4 is 20.8 Å². The van der Waals surface area contributed by atoms with Crippen molar-refractivity contribution < 1.29 is 23.8 Å². The summed E-state index contributed by atoms with van der Waals surface area (Å²) in [6, 6.07) is 2.40. The van der Waals surface area contributed by atoms with Gasteiger partial charge in [0.1, 0.15) is 11.3 Å². The summed E-state index contributed by atoms with van der Waals surface area (Å²) in [6.45, 7) is 8.61. The van der Waals surface area contributed by atoms with E-state index >= 15 is 0 Å². The topological polar surface area (TPSA) is 109 Å². The maximum absolute atomic E-state index is 12.1. The maximum Gasteiger partial charge on any atom is 0.339 e. The number of carbonyl (C=O) groups excluding carboxylic acids is 2. The molecule has 0 aliphatic rings. The molecule has 1 N–H and O–H groups in total. The second kappa shape index (κ2) is 8.24. The van der Waals surface area contributed by atoms with E-state index in [1.807, 2.05) is 20.8 Å². The fraction of sp³-hybridized carbons (Fsp3) is 0.450. The first-order valence-corrected chi connectivity index (χ1v) is 8.77. The number of fused-ring (bicyclic) bond motifs is 1. The third-order valence-corrected chi connectivity index (χ3v) is 4.34. The van der Waals surface area contributed by atoms with Crippen LogP contribution in [-0.2, 0) is 9.59 Å². The Bertz CT molecular complexity index is 928. The van der Waals surface area contributed by atoms with Crippen LogP contribution in [0, 0.1) is 26.7 Å². The largest absolute Gasteiger partial charge is 0.548 e. The molecule has 1 atom stereocenters. The van der Waals surface area contributed by atoms with Crippen molar-refractivity contribution in [2.75, 3.05) is 6.61 Å². The lowest BCUT2D eigenvalue weighted by molar-refractivity contribution is -0.308. The highest BCUT2D eigenvalue weighted by Gasteiger charge is 2.17. The predicted octanol–water partition coefficient (Wildman–Crippen LogP) is 1.38. The highest BCUT2D eigenvalue weighted by molar-refractivity contribution is 5.89. The van der Waals surface area contributed by atoms with Crippen LogP contribution in [-0.4, -0.2) is 24.5 Å². The molecule has 7 heteroatoms. The van der Waals surface area contributed by atoms with Crippen LogP contribution in [0.25, 0.3) is 11.0 Å². The van der Waals surface area contributed by atoms with E-state index in [1.165, 1.54) is 0 Å². The van der Waals surface area contributed by atoms with E-state index in [9.17, 15) is 19.5 Å². The van der Waals surface area contributed by atoms with E-state index in [0.29, 0.717) is 27.8 Å². The van der Waals surface area contributed by atoms with E-state index in [1.54, 1.807) is 26.0 Å². The van der Waals surface area contributed by atoms with Crippen LogP contribution in [0.2, 0.25) is 0 Å². The predicted molar refractivity (Wildman–Crippen MR) is 98.6 cm³/mol. The summed E-state index contributed by atoms with van der Waals surface area (Å²) in [5, 5.41) is 14.2. The summed E-state index contributed by atoms with van der Waals surface area (Å²) < 4.78 is 11.0. The molecular weight excluding hydrogens is 350 g/mol. The van der Waals surface area contributed by atoms with Gasteiger partial charge in [-0.15, -0.1) is 0 Å². The van der Waals surface area contributed by atoms with Crippen molar-refractivity contribution in [1.82, 2.24) is 5.32 Å². The second-order valence-electron chi connectivity index (χ2n) is 7.13. The van der Waals surface area contributed by atoms with Gasteiger partial charge in [0.15, 0.2) is 6.61 Å². The van der Waals surface area contributed by atoms with Gasteiger partial charge >= 0.3 is 5.63 Å². The Labute approximate surface area is 157 Å². The molecule has 2 rings (SSSR count). The molecule has 1 aromatic heterocycles. The van der Waals surface area contributed by atoms with Crippen LogP contribution >= 0.6 is 0 Å². The minimum atomic E-state index is -1.33. The van der Waals surface area contributed by atoms with Crippen molar-refractivity contribution in [2.45, 2.75) is 47.1 Å². The summed E-state index contributed by atoms with van der Waals surface area (Å²) in [5.74, 6) is -1.40. The average Bonchev–Trinajstić information content (AvgIpc) is 2.56. The van der Waals surface area contributed by atoms with Gasteiger partial charge < -0.3 is 24.4 Å². The lowest BCUT2D eigenvalue weighted by Crippen LogP contribution is -2.49. The number of carbonyl (C=O) groups is 2. The minimum Gasteiger partial charge on any atom is -0.548 e. The molecule has 0 aliphatic heterocycles. The molecule has 1 amide bonds. The van der Waals surface area contributed by atoms with Gasteiger partial charge in [-0.2, -0.15) is 0 Å². The molecule has 1 heterocycles. The lowest BCUT2D eigenvalue weighted by Gasteiger charge is -2.21. The Kier molecular flexibility index (Phi) is 6.25. The average molecular weight is 374 g/mol. The fourth-order valence-corrected chi connectivity index (χ4v) is 2.87. The molecule has 146 valence electrons. The number of aliphatic carboxylic acids is 1. The summed E-state index contributed by atoms with van der Waals surface area (Å²) in [5.41, 5.74) is 1.95.